The van der Waals surface area contributed by atoms with Crippen LogP contribution in [0.15, 0.2) is 0 Å². The summed E-state index contributed by atoms with van der Waals surface area (Å²) in [5.41, 5.74) is 0. The molecule has 16 heavy (non-hydrogen) atoms. The largest absolute Gasteiger partial charge is 0.405 e. The normalized spacial score (nSPS) is 14.0. The van der Waals surface area contributed by atoms with Gasteiger partial charge in [-0.15, -0.1) is 0 Å². The van der Waals surface area contributed by atoms with Gasteiger partial charge >= 0.3 is 0 Å². The maximum Gasteiger partial charge on any atom is 0.252 e. The third kappa shape index (κ3) is 5.63. The second kappa shape index (κ2) is 6.37. The second-order valence-electron chi connectivity index (χ2n) is 5.35. The molecular formula is C11H25NO3Si. The lowest BCUT2D eigenvalue weighted by Crippen LogP contribution is -2.46. The van der Waals surface area contributed by atoms with Crippen LogP contribution in [0.2, 0.25) is 19.6 Å². The molecule has 1 atom stereocenters. The van der Waals surface area contributed by atoms with Gasteiger partial charge in [-0.25, -0.2) is 0 Å². The molecule has 0 spiro atoms. The predicted octanol–water partition coefficient (Wildman–Crippen LogP) is 1.92. The Labute approximate surface area is 100 Å². The number of likely N-dealkylation sites (N-methyl/N-ethyl adjacent to an activating group) is 1. The van der Waals surface area contributed by atoms with Gasteiger partial charge in [0.25, 0.3) is 5.91 Å². The first-order chi connectivity index (χ1) is 7.19. The maximum atomic E-state index is 12.1. The first-order valence-corrected chi connectivity index (χ1v) is 9.01. The summed E-state index contributed by atoms with van der Waals surface area (Å²) in [6, 6.07) is 0. The van der Waals surface area contributed by atoms with Gasteiger partial charge < -0.3 is 14.1 Å². The molecule has 1 unspecified atom stereocenters. The van der Waals surface area contributed by atoms with E-state index in [0.717, 1.165) is 0 Å². The molecule has 0 radical (unpaired) electrons. The molecule has 0 aromatic rings. The van der Waals surface area contributed by atoms with Crippen LogP contribution in [0, 0.1) is 5.92 Å². The van der Waals surface area contributed by atoms with Gasteiger partial charge in [-0.1, -0.05) is 13.8 Å². The first-order valence-electron chi connectivity index (χ1n) is 5.60. The second-order valence-corrected chi connectivity index (χ2v) is 9.81. The van der Waals surface area contributed by atoms with E-state index in [1.54, 1.807) is 19.1 Å². The van der Waals surface area contributed by atoms with E-state index < -0.39 is 8.32 Å². The summed E-state index contributed by atoms with van der Waals surface area (Å²) in [5, 5.41) is 0. The van der Waals surface area contributed by atoms with Crippen LogP contribution in [0.25, 0.3) is 0 Å². The molecule has 0 bridgehead atoms. The van der Waals surface area contributed by atoms with Crippen molar-refractivity contribution in [1.29, 1.82) is 0 Å². The minimum absolute atomic E-state index is 0.000671. The lowest BCUT2D eigenvalue weighted by atomic mass is 10.1. The van der Waals surface area contributed by atoms with E-state index >= 15 is 0 Å². The van der Waals surface area contributed by atoms with Gasteiger partial charge in [-0.3, -0.25) is 4.79 Å². The van der Waals surface area contributed by atoms with Crippen LogP contribution in [0.5, 0.6) is 0 Å². The van der Waals surface area contributed by atoms with E-state index in [2.05, 4.69) is 19.6 Å². The number of carbonyl (C=O) groups excluding carboxylic acids is 1. The number of carbonyl (C=O) groups is 1. The van der Waals surface area contributed by atoms with Crippen LogP contribution < -0.4 is 0 Å². The fourth-order valence-electron chi connectivity index (χ4n) is 1.33. The van der Waals surface area contributed by atoms with Crippen LogP contribution in [0.4, 0.5) is 0 Å². The summed E-state index contributed by atoms with van der Waals surface area (Å²) in [4.78, 5) is 13.7. The Morgan fingerprint density at radius 3 is 2.12 bits per heavy atom. The Hall–Kier alpha value is -0.393. The standard InChI is InChI=1S/C11H25NO3Si/c1-9(2)10(15-16(5,6)7)11(13)12(3)8-14-4/h9-10H,8H2,1-7H3. The van der Waals surface area contributed by atoms with Crippen molar-refractivity contribution < 1.29 is 14.0 Å². The maximum absolute atomic E-state index is 12.1. The van der Waals surface area contributed by atoms with Crippen molar-refractivity contribution in [2.45, 2.75) is 39.6 Å². The van der Waals surface area contributed by atoms with Crippen LogP contribution >= 0.6 is 0 Å². The summed E-state index contributed by atoms with van der Waals surface area (Å²) in [6.07, 6.45) is -0.355. The summed E-state index contributed by atoms with van der Waals surface area (Å²) in [7, 11) is 1.60. The Morgan fingerprint density at radius 1 is 1.31 bits per heavy atom. The highest BCUT2D eigenvalue weighted by atomic mass is 28.4. The molecule has 0 aromatic heterocycles. The molecule has 0 aromatic carbocycles. The Balaban J connectivity index is 4.60. The average molecular weight is 247 g/mol. The van der Waals surface area contributed by atoms with Crippen molar-refractivity contribution >= 4 is 14.2 Å². The first kappa shape index (κ1) is 15.6. The molecule has 0 rings (SSSR count). The smallest absolute Gasteiger partial charge is 0.252 e. The SMILES string of the molecule is COCN(C)C(=O)C(O[Si](C)(C)C)C(C)C. The number of methoxy groups -OCH3 is 1. The highest BCUT2D eigenvalue weighted by Gasteiger charge is 2.30. The Morgan fingerprint density at radius 2 is 1.81 bits per heavy atom. The highest BCUT2D eigenvalue weighted by molar-refractivity contribution is 6.69. The van der Waals surface area contributed by atoms with Crippen LogP contribution in [-0.4, -0.2) is 46.1 Å². The summed E-state index contributed by atoms with van der Waals surface area (Å²) in [6.45, 7) is 10.6. The quantitative estimate of drug-likeness (QED) is 0.532. The lowest BCUT2D eigenvalue weighted by molar-refractivity contribution is -0.144. The van der Waals surface area contributed by atoms with Crippen LogP contribution in [0.3, 0.4) is 0 Å². The highest BCUT2D eigenvalue weighted by Crippen LogP contribution is 2.16. The average Bonchev–Trinajstić information content (AvgIpc) is 2.11. The molecule has 0 aliphatic rings. The van der Waals surface area contributed by atoms with Gasteiger partial charge in [0, 0.05) is 14.2 Å². The van der Waals surface area contributed by atoms with Crippen molar-refractivity contribution in [3.8, 4) is 0 Å². The molecule has 0 aliphatic heterocycles. The zero-order valence-corrected chi connectivity index (χ0v) is 12.5. The van der Waals surface area contributed by atoms with Gasteiger partial charge in [0.2, 0.25) is 0 Å². The zero-order chi connectivity index (χ0) is 12.9. The number of rotatable bonds is 6. The monoisotopic (exact) mass is 247 g/mol. The van der Waals surface area contributed by atoms with Crippen molar-refractivity contribution in [3.05, 3.63) is 0 Å². The van der Waals surface area contributed by atoms with E-state index in [1.165, 1.54) is 0 Å². The Bertz CT molecular complexity index is 226. The number of ether oxygens (including phenoxy) is 1. The molecule has 0 heterocycles. The molecule has 96 valence electrons. The lowest BCUT2D eigenvalue weighted by Gasteiger charge is -2.31. The van der Waals surface area contributed by atoms with E-state index in [9.17, 15) is 4.79 Å². The van der Waals surface area contributed by atoms with Gasteiger partial charge in [-0.05, 0) is 25.6 Å². The molecule has 0 aliphatic carbocycles. The van der Waals surface area contributed by atoms with E-state index in [0.29, 0.717) is 6.73 Å². The molecule has 0 saturated carbocycles. The summed E-state index contributed by atoms with van der Waals surface area (Å²) in [5.74, 6) is 0.179. The fourth-order valence-corrected chi connectivity index (χ4v) is 2.46. The van der Waals surface area contributed by atoms with Crippen molar-refractivity contribution in [1.82, 2.24) is 4.90 Å². The number of hydrogen-bond acceptors (Lipinski definition) is 3. The van der Waals surface area contributed by atoms with Crippen molar-refractivity contribution in [3.63, 3.8) is 0 Å². The minimum atomic E-state index is -1.70. The van der Waals surface area contributed by atoms with Crippen LogP contribution in [0.1, 0.15) is 13.8 Å². The molecule has 0 saturated heterocycles. The van der Waals surface area contributed by atoms with E-state index in [4.69, 9.17) is 9.16 Å². The Kier molecular flexibility index (Phi) is 6.21. The summed E-state index contributed by atoms with van der Waals surface area (Å²) < 4.78 is 10.9. The molecule has 0 N–H and O–H groups in total. The molecule has 0 fully saturated rings. The van der Waals surface area contributed by atoms with E-state index in [-0.39, 0.29) is 17.9 Å². The third-order valence-electron chi connectivity index (χ3n) is 2.03. The van der Waals surface area contributed by atoms with Gasteiger partial charge in [0.15, 0.2) is 8.32 Å². The fraction of sp³-hybridized carbons (Fsp3) is 0.909. The minimum Gasteiger partial charge on any atom is -0.405 e. The van der Waals surface area contributed by atoms with Gasteiger partial charge in [-0.2, -0.15) is 0 Å². The third-order valence-corrected chi connectivity index (χ3v) is 2.99. The number of amides is 1. The predicted molar refractivity (Wildman–Crippen MR) is 67.7 cm³/mol. The van der Waals surface area contributed by atoms with Crippen molar-refractivity contribution in [2.24, 2.45) is 5.92 Å². The molecule has 1 amide bonds. The molecule has 5 heteroatoms. The summed E-state index contributed by atoms with van der Waals surface area (Å²) >= 11 is 0. The topological polar surface area (TPSA) is 38.8 Å². The molecular weight excluding hydrogens is 222 g/mol. The van der Waals surface area contributed by atoms with Crippen LogP contribution in [-0.2, 0) is 14.0 Å². The number of nitrogens with zero attached hydrogens (tertiary/aromatic N) is 1. The zero-order valence-electron chi connectivity index (χ0n) is 11.5. The van der Waals surface area contributed by atoms with Crippen molar-refractivity contribution in [2.75, 3.05) is 20.9 Å². The van der Waals surface area contributed by atoms with Gasteiger partial charge in [0.05, 0.1) is 0 Å². The van der Waals surface area contributed by atoms with Gasteiger partial charge in [0.1, 0.15) is 12.8 Å². The molecule has 4 nitrogen and oxygen atoms in total. The van der Waals surface area contributed by atoms with E-state index in [1.807, 2.05) is 13.8 Å². The number of hydrogen-bond donors (Lipinski definition) is 0.